The number of anilines is 1. The van der Waals surface area contributed by atoms with Crippen LogP contribution in [0.1, 0.15) is 43.7 Å². The van der Waals surface area contributed by atoms with Gasteiger partial charge in [-0.05, 0) is 37.5 Å². The molecule has 6 nitrogen and oxygen atoms in total. The Kier molecular flexibility index (Phi) is 4.03. The summed E-state index contributed by atoms with van der Waals surface area (Å²) in [4.78, 5) is 16.8. The highest BCUT2D eigenvalue weighted by Crippen LogP contribution is 2.52. The summed E-state index contributed by atoms with van der Waals surface area (Å²) in [5.41, 5.74) is 0.480. The number of urea groups is 1. The van der Waals surface area contributed by atoms with Gasteiger partial charge in [0.1, 0.15) is 0 Å². The quantitative estimate of drug-likeness (QED) is 0.787. The van der Waals surface area contributed by atoms with Gasteiger partial charge in [0.05, 0.1) is 24.4 Å². The molecule has 3 fully saturated rings. The van der Waals surface area contributed by atoms with Crippen LogP contribution >= 0.6 is 11.3 Å². The number of nitrogens with one attached hydrogen (secondary N) is 2. The van der Waals surface area contributed by atoms with Crippen LogP contribution < -0.4 is 10.6 Å². The molecule has 1 saturated heterocycles. The molecule has 4 atom stereocenters. The predicted molar refractivity (Wildman–Crippen MR) is 87.7 cm³/mol. The van der Waals surface area contributed by atoms with E-state index < -0.39 is 5.54 Å². The molecule has 3 aliphatic rings. The number of carbonyl (C=O) groups excluding carboxylic acids is 1. The summed E-state index contributed by atoms with van der Waals surface area (Å²) in [7, 11) is 0. The van der Waals surface area contributed by atoms with Crippen molar-refractivity contribution in [3.05, 3.63) is 11.1 Å². The van der Waals surface area contributed by atoms with Crippen molar-refractivity contribution in [3.8, 4) is 0 Å². The van der Waals surface area contributed by atoms with E-state index >= 15 is 0 Å². The first kappa shape index (κ1) is 15.4. The second-order valence-electron chi connectivity index (χ2n) is 7.18. The molecule has 3 N–H and O–H groups in total. The van der Waals surface area contributed by atoms with E-state index in [1.807, 2.05) is 0 Å². The Bertz CT molecular complexity index is 585. The van der Waals surface area contributed by atoms with Gasteiger partial charge in [0.15, 0.2) is 5.13 Å². The van der Waals surface area contributed by atoms with E-state index in [1.165, 1.54) is 37.0 Å². The Balaban J connectivity index is 1.37. The summed E-state index contributed by atoms with van der Waals surface area (Å²) in [5, 5.41) is 17.9. The second kappa shape index (κ2) is 6.03. The molecule has 2 saturated carbocycles. The maximum atomic E-state index is 12.2. The average molecular weight is 337 g/mol. The van der Waals surface area contributed by atoms with E-state index in [4.69, 9.17) is 4.74 Å². The lowest BCUT2D eigenvalue weighted by Gasteiger charge is -2.25. The molecule has 23 heavy (non-hydrogen) atoms. The van der Waals surface area contributed by atoms with Gasteiger partial charge in [-0.3, -0.25) is 5.32 Å². The van der Waals surface area contributed by atoms with Crippen molar-refractivity contribution in [2.75, 3.05) is 25.1 Å². The monoisotopic (exact) mass is 337 g/mol. The lowest BCUT2D eigenvalue weighted by atomic mass is 9.87. The van der Waals surface area contributed by atoms with Gasteiger partial charge in [0.25, 0.3) is 0 Å². The lowest BCUT2D eigenvalue weighted by Crippen LogP contribution is -2.53. The minimum absolute atomic E-state index is 0.116. The fraction of sp³-hybridized carbons (Fsp3) is 0.750. The van der Waals surface area contributed by atoms with Gasteiger partial charge in [-0.2, -0.15) is 0 Å². The number of ether oxygens (including phenoxy) is 1. The van der Waals surface area contributed by atoms with Gasteiger partial charge in [-0.15, -0.1) is 11.3 Å². The minimum Gasteiger partial charge on any atom is -0.394 e. The van der Waals surface area contributed by atoms with E-state index in [2.05, 4.69) is 21.0 Å². The van der Waals surface area contributed by atoms with E-state index in [9.17, 15) is 9.90 Å². The number of aliphatic hydroxyl groups excluding tert-OH is 1. The van der Waals surface area contributed by atoms with Crippen molar-refractivity contribution in [3.63, 3.8) is 0 Å². The predicted octanol–water partition coefficient (Wildman–Crippen LogP) is 2.32. The molecular weight excluding hydrogens is 314 g/mol. The minimum atomic E-state index is -0.658. The van der Waals surface area contributed by atoms with Gasteiger partial charge in [-0.1, -0.05) is 6.42 Å². The van der Waals surface area contributed by atoms with Gasteiger partial charge >= 0.3 is 6.03 Å². The summed E-state index contributed by atoms with van der Waals surface area (Å²) in [6.07, 6.45) is 5.94. The van der Waals surface area contributed by atoms with E-state index in [0.29, 0.717) is 30.7 Å². The molecule has 2 bridgehead atoms. The molecule has 2 aliphatic carbocycles. The summed E-state index contributed by atoms with van der Waals surface area (Å²) in [6.45, 7) is 0.798. The Morgan fingerprint density at radius 3 is 3.04 bits per heavy atom. The number of amides is 2. The molecule has 0 radical (unpaired) electrons. The van der Waals surface area contributed by atoms with Crippen LogP contribution in [0, 0.1) is 11.8 Å². The number of aliphatic hydroxyl groups is 1. The smallest absolute Gasteiger partial charge is 0.321 e. The molecule has 2 amide bonds. The molecule has 0 aromatic carbocycles. The summed E-state index contributed by atoms with van der Waals surface area (Å²) >= 11 is 1.48. The molecule has 0 spiro atoms. The number of aromatic nitrogens is 1. The van der Waals surface area contributed by atoms with Gasteiger partial charge in [0.2, 0.25) is 0 Å². The van der Waals surface area contributed by atoms with Crippen LogP contribution in [-0.2, 0) is 4.74 Å². The van der Waals surface area contributed by atoms with Crippen LogP contribution in [0.3, 0.4) is 0 Å². The molecule has 1 aliphatic heterocycles. The first-order valence-electron chi connectivity index (χ1n) is 8.41. The van der Waals surface area contributed by atoms with Gasteiger partial charge in [0, 0.05) is 17.9 Å². The number of hydrogen-bond donors (Lipinski definition) is 3. The fourth-order valence-electron chi connectivity index (χ4n) is 4.36. The number of carbonyl (C=O) groups is 1. The normalized spacial score (nSPS) is 35.6. The third kappa shape index (κ3) is 2.97. The standard InChI is InChI=1S/C16H23N3O3S/c20-8-16(3-4-22-9-16)19-14(21)18-15-17-13(7-23-15)12-6-10-1-2-11(12)5-10/h7,10-12,20H,1-6,8-9H2,(H2,17,18,19,21)/t10-,11-,12+,16+/m0/s1. The lowest BCUT2D eigenvalue weighted by molar-refractivity contribution is 0.126. The highest BCUT2D eigenvalue weighted by atomic mass is 32.1. The van der Waals surface area contributed by atoms with Crippen LogP contribution in [-0.4, -0.2) is 41.5 Å². The molecule has 4 rings (SSSR count). The van der Waals surface area contributed by atoms with Crippen LogP contribution in [0.15, 0.2) is 5.38 Å². The molecule has 0 unspecified atom stereocenters. The van der Waals surface area contributed by atoms with Crippen molar-refractivity contribution in [2.45, 2.75) is 43.6 Å². The first-order chi connectivity index (χ1) is 11.2. The summed E-state index contributed by atoms with van der Waals surface area (Å²) in [5.74, 6) is 2.26. The van der Waals surface area contributed by atoms with Crippen molar-refractivity contribution >= 4 is 22.5 Å². The zero-order chi connectivity index (χ0) is 15.9. The Morgan fingerprint density at radius 1 is 1.48 bits per heavy atom. The fourth-order valence-corrected chi connectivity index (χ4v) is 5.13. The highest BCUT2D eigenvalue weighted by Gasteiger charge is 2.41. The van der Waals surface area contributed by atoms with Gasteiger partial charge in [-0.25, -0.2) is 9.78 Å². The number of fused-ring (bicyclic) bond motifs is 2. The largest absolute Gasteiger partial charge is 0.394 e. The van der Waals surface area contributed by atoms with Gasteiger partial charge < -0.3 is 15.2 Å². The SMILES string of the molecule is O=C(Nc1nc([C@@H]2C[C@H]3CC[C@H]2C3)cs1)N[C@@]1(CO)CCOC1. The third-order valence-corrected chi connectivity index (χ3v) is 6.42. The molecule has 2 heterocycles. The first-order valence-corrected chi connectivity index (χ1v) is 9.29. The van der Waals surface area contributed by atoms with E-state index in [-0.39, 0.29) is 12.6 Å². The molecular formula is C16H23N3O3S. The number of nitrogens with zero attached hydrogens (tertiary/aromatic N) is 1. The number of hydrogen-bond acceptors (Lipinski definition) is 5. The van der Waals surface area contributed by atoms with Crippen molar-refractivity contribution in [2.24, 2.45) is 11.8 Å². The molecule has 126 valence electrons. The topological polar surface area (TPSA) is 83.5 Å². The zero-order valence-electron chi connectivity index (χ0n) is 13.1. The maximum Gasteiger partial charge on any atom is 0.321 e. The zero-order valence-corrected chi connectivity index (χ0v) is 13.9. The van der Waals surface area contributed by atoms with Crippen LogP contribution in [0.5, 0.6) is 0 Å². The summed E-state index contributed by atoms with van der Waals surface area (Å²) < 4.78 is 5.29. The Hall–Kier alpha value is -1.18. The maximum absolute atomic E-state index is 12.2. The third-order valence-electron chi connectivity index (χ3n) is 5.65. The van der Waals surface area contributed by atoms with E-state index in [1.54, 1.807) is 0 Å². The second-order valence-corrected chi connectivity index (χ2v) is 8.04. The Labute approximate surface area is 139 Å². The van der Waals surface area contributed by atoms with Crippen molar-refractivity contribution < 1.29 is 14.6 Å². The van der Waals surface area contributed by atoms with Crippen molar-refractivity contribution in [1.82, 2.24) is 10.3 Å². The molecule has 1 aromatic heterocycles. The van der Waals surface area contributed by atoms with Crippen LogP contribution in [0.2, 0.25) is 0 Å². The summed E-state index contributed by atoms with van der Waals surface area (Å²) in [6, 6.07) is -0.321. The molecule has 7 heteroatoms. The average Bonchev–Trinajstić information content (AvgIpc) is 3.31. The van der Waals surface area contributed by atoms with Crippen LogP contribution in [0.4, 0.5) is 9.93 Å². The number of thiazole rings is 1. The van der Waals surface area contributed by atoms with Crippen LogP contribution in [0.25, 0.3) is 0 Å². The highest BCUT2D eigenvalue weighted by molar-refractivity contribution is 7.13. The number of rotatable bonds is 4. The van der Waals surface area contributed by atoms with E-state index in [0.717, 1.165) is 17.5 Å². The van der Waals surface area contributed by atoms with Crippen molar-refractivity contribution in [1.29, 1.82) is 0 Å². The molecule has 1 aromatic rings. The Morgan fingerprint density at radius 2 is 2.39 bits per heavy atom.